The van der Waals surface area contributed by atoms with Crippen LogP contribution in [0.2, 0.25) is 0 Å². The monoisotopic (exact) mass is 126 g/mol. The fourth-order valence-electron chi connectivity index (χ4n) is 0.386. The van der Waals surface area contributed by atoms with E-state index in [0.717, 1.165) is 0 Å². The Bertz CT molecular complexity index is 132. The van der Waals surface area contributed by atoms with Crippen LogP contribution in [-0.4, -0.2) is 0 Å². The molecule has 0 saturated carbocycles. The van der Waals surface area contributed by atoms with E-state index in [1.54, 1.807) is 12.2 Å². The summed E-state index contributed by atoms with van der Waals surface area (Å²) in [5, 5.41) is 0. The summed E-state index contributed by atoms with van der Waals surface area (Å²) < 4.78 is 11.9. The van der Waals surface area contributed by atoms with Crippen molar-refractivity contribution in [2.75, 3.05) is 0 Å². The van der Waals surface area contributed by atoms with E-state index in [0.29, 0.717) is 6.42 Å². The summed E-state index contributed by atoms with van der Waals surface area (Å²) in [7, 11) is 0. The Morgan fingerprint density at radius 3 is 2.67 bits per heavy atom. The number of halogens is 1. The van der Waals surface area contributed by atoms with Gasteiger partial charge in [-0.05, 0) is 6.92 Å². The van der Waals surface area contributed by atoms with E-state index in [1.165, 1.54) is 0 Å². The smallest absolute Gasteiger partial charge is 0.0965 e. The van der Waals surface area contributed by atoms with Crippen LogP contribution in [0.3, 0.4) is 0 Å². The SMILES string of the molecule is C=C(F)C/C=C\C=C/C. The van der Waals surface area contributed by atoms with Gasteiger partial charge in [0.25, 0.3) is 0 Å². The lowest BCUT2D eigenvalue weighted by Gasteiger charge is -1.81. The van der Waals surface area contributed by atoms with Gasteiger partial charge in [-0.3, -0.25) is 0 Å². The number of hydrogen-bond acceptors (Lipinski definition) is 0. The topological polar surface area (TPSA) is 0 Å². The first kappa shape index (κ1) is 8.15. The molecule has 0 bridgehead atoms. The van der Waals surface area contributed by atoms with Crippen molar-refractivity contribution < 1.29 is 4.39 Å². The van der Waals surface area contributed by atoms with Crippen molar-refractivity contribution in [2.45, 2.75) is 13.3 Å². The first-order valence-corrected chi connectivity index (χ1v) is 2.88. The molecule has 0 N–H and O–H groups in total. The molecule has 0 unspecified atom stereocenters. The van der Waals surface area contributed by atoms with E-state index >= 15 is 0 Å². The second kappa shape index (κ2) is 5.29. The molecule has 0 aromatic heterocycles. The quantitative estimate of drug-likeness (QED) is 0.510. The minimum Gasteiger partial charge on any atom is -0.212 e. The molecule has 0 atom stereocenters. The molecule has 0 rings (SSSR count). The normalized spacial score (nSPS) is 11.3. The molecule has 1 heteroatoms. The summed E-state index contributed by atoms with van der Waals surface area (Å²) in [6, 6.07) is 0. The highest BCUT2D eigenvalue weighted by Gasteiger charge is 1.79. The fourth-order valence-corrected chi connectivity index (χ4v) is 0.386. The molecule has 0 fully saturated rings. The lowest BCUT2D eigenvalue weighted by atomic mass is 10.3. The molecule has 0 nitrogen and oxygen atoms in total. The summed E-state index contributed by atoms with van der Waals surface area (Å²) in [6.45, 7) is 5.02. The van der Waals surface area contributed by atoms with Gasteiger partial charge in [-0.2, -0.15) is 0 Å². The molecule has 9 heavy (non-hydrogen) atoms. The van der Waals surface area contributed by atoms with Gasteiger partial charge in [-0.25, -0.2) is 4.39 Å². The van der Waals surface area contributed by atoms with Crippen LogP contribution < -0.4 is 0 Å². The van der Waals surface area contributed by atoms with Crippen molar-refractivity contribution in [2.24, 2.45) is 0 Å². The molecule has 0 radical (unpaired) electrons. The number of allylic oxidation sites excluding steroid dienone is 5. The van der Waals surface area contributed by atoms with Gasteiger partial charge < -0.3 is 0 Å². The molecule has 50 valence electrons. The Balaban J connectivity index is 3.36. The molecular weight excluding hydrogens is 115 g/mol. The van der Waals surface area contributed by atoms with E-state index in [2.05, 4.69) is 6.58 Å². The van der Waals surface area contributed by atoms with Crippen molar-refractivity contribution in [1.82, 2.24) is 0 Å². The van der Waals surface area contributed by atoms with Gasteiger partial charge in [0.05, 0.1) is 5.83 Å². The maximum absolute atomic E-state index is 11.9. The van der Waals surface area contributed by atoms with Gasteiger partial charge in [0, 0.05) is 6.42 Å². The average Bonchev–Trinajstić information content (AvgIpc) is 1.80. The van der Waals surface area contributed by atoms with Crippen molar-refractivity contribution in [3.63, 3.8) is 0 Å². The average molecular weight is 126 g/mol. The second-order valence-electron chi connectivity index (χ2n) is 1.68. The zero-order valence-corrected chi connectivity index (χ0v) is 5.60. The fraction of sp³-hybridized carbons (Fsp3) is 0.250. The van der Waals surface area contributed by atoms with Crippen LogP contribution in [0.1, 0.15) is 13.3 Å². The summed E-state index contributed by atoms with van der Waals surface area (Å²) in [6.07, 6.45) is 7.58. The first-order chi connectivity index (χ1) is 4.27. The lowest BCUT2D eigenvalue weighted by Crippen LogP contribution is -1.62. The summed E-state index contributed by atoms with van der Waals surface area (Å²) in [5.74, 6) is -0.296. The zero-order valence-electron chi connectivity index (χ0n) is 5.60. The Morgan fingerprint density at radius 1 is 1.56 bits per heavy atom. The first-order valence-electron chi connectivity index (χ1n) is 2.88. The third kappa shape index (κ3) is 7.15. The van der Waals surface area contributed by atoms with Crippen LogP contribution in [0.4, 0.5) is 4.39 Å². The van der Waals surface area contributed by atoms with Gasteiger partial charge >= 0.3 is 0 Å². The van der Waals surface area contributed by atoms with Crippen molar-refractivity contribution >= 4 is 0 Å². The molecule has 0 aromatic carbocycles. The lowest BCUT2D eigenvalue weighted by molar-refractivity contribution is 0.622. The van der Waals surface area contributed by atoms with Gasteiger partial charge in [0.15, 0.2) is 0 Å². The summed E-state index contributed by atoms with van der Waals surface area (Å²) >= 11 is 0. The van der Waals surface area contributed by atoms with E-state index in [4.69, 9.17) is 0 Å². The maximum atomic E-state index is 11.9. The highest BCUT2D eigenvalue weighted by Crippen LogP contribution is 1.98. The summed E-state index contributed by atoms with van der Waals surface area (Å²) in [4.78, 5) is 0. The van der Waals surface area contributed by atoms with Gasteiger partial charge in [0.1, 0.15) is 0 Å². The van der Waals surface area contributed by atoms with Crippen LogP contribution in [0.5, 0.6) is 0 Å². The molecule has 0 heterocycles. The van der Waals surface area contributed by atoms with E-state index in [9.17, 15) is 4.39 Å². The second-order valence-corrected chi connectivity index (χ2v) is 1.68. The van der Waals surface area contributed by atoms with E-state index in [1.807, 2.05) is 19.1 Å². The van der Waals surface area contributed by atoms with Crippen molar-refractivity contribution in [3.8, 4) is 0 Å². The Kier molecular flexibility index (Phi) is 4.79. The predicted octanol–water partition coefficient (Wildman–Crippen LogP) is 2.99. The Labute approximate surface area is 55.4 Å². The van der Waals surface area contributed by atoms with E-state index < -0.39 is 0 Å². The zero-order chi connectivity index (χ0) is 7.11. The van der Waals surface area contributed by atoms with E-state index in [-0.39, 0.29) is 5.83 Å². The molecule has 0 aromatic rings. The minimum atomic E-state index is -0.296. The molecule has 0 saturated heterocycles. The number of rotatable bonds is 3. The third-order valence-electron chi connectivity index (χ3n) is 0.779. The molecule has 0 aliphatic rings. The van der Waals surface area contributed by atoms with Gasteiger partial charge in [0.2, 0.25) is 0 Å². The van der Waals surface area contributed by atoms with Crippen molar-refractivity contribution in [3.05, 3.63) is 36.7 Å². The van der Waals surface area contributed by atoms with Crippen molar-refractivity contribution in [1.29, 1.82) is 0 Å². The standard InChI is InChI=1S/C8H11F/c1-3-4-5-6-7-8(2)9/h3-6H,2,7H2,1H3/b4-3-,6-5-. The van der Waals surface area contributed by atoms with Crippen LogP contribution >= 0.6 is 0 Å². The van der Waals surface area contributed by atoms with Crippen LogP contribution in [0.25, 0.3) is 0 Å². The van der Waals surface area contributed by atoms with Gasteiger partial charge in [-0.1, -0.05) is 30.9 Å². The number of hydrogen-bond donors (Lipinski definition) is 0. The minimum absolute atomic E-state index is 0.296. The van der Waals surface area contributed by atoms with Crippen LogP contribution in [0, 0.1) is 0 Å². The molecule has 0 spiro atoms. The summed E-state index contributed by atoms with van der Waals surface area (Å²) in [5.41, 5.74) is 0. The molecule has 0 amide bonds. The highest BCUT2D eigenvalue weighted by atomic mass is 19.1. The Hall–Kier alpha value is -0.850. The molecular formula is C8H11F. The predicted molar refractivity (Wildman–Crippen MR) is 38.8 cm³/mol. The largest absolute Gasteiger partial charge is 0.212 e. The Morgan fingerprint density at radius 2 is 2.22 bits per heavy atom. The third-order valence-corrected chi connectivity index (χ3v) is 0.779. The van der Waals surface area contributed by atoms with Gasteiger partial charge in [-0.15, -0.1) is 0 Å². The van der Waals surface area contributed by atoms with Crippen LogP contribution in [-0.2, 0) is 0 Å². The molecule has 0 aliphatic heterocycles. The highest BCUT2D eigenvalue weighted by molar-refractivity contribution is 5.04. The molecule has 0 aliphatic carbocycles. The maximum Gasteiger partial charge on any atom is 0.0965 e. The van der Waals surface area contributed by atoms with Crippen LogP contribution in [0.15, 0.2) is 36.7 Å².